The van der Waals surface area contributed by atoms with E-state index in [1.165, 1.54) is 12.1 Å². The predicted octanol–water partition coefficient (Wildman–Crippen LogP) is 4.23. The van der Waals surface area contributed by atoms with Gasteiger partial charge in [0.2, 0.25) is 0 Å². The molecule has 0 saturated carbocycles. The van der Waals surface area contributed by atoms with E-state index in [-0.39, 0.29) is 12.2 Å². The Labute approximate surface area is 128 Å². The van der Waals surface area contributed by atoms with Gasteiger partial charge in [0.15, 0.2) is 0 Å². The molecule has 0 atom stereocenters. The number of methoxy groups -OCH3 is 1. The lowest BCUT2D eigenvalue weighted by Gasteiger charge is -2.05. The van der Waals surface area contributed by atoms with E-state index in [4.69, 9.17) is 16.3 Å². The highest BCUT2D eigenvalue weighted by atomic mass is 35.5. The molecule has 0 bridgehead atoms. The van der Waals surface area contributed by atoms with Gasteiger partial charge >= 0.3 is 0 Å². The summed E-state index contributed by atoms with van der Waals surface area (Å²) in [6, 6.07) is 11.7. The first kappa shape index (κ1) is 15.5. The first-order valence-electron chi connectivity index (χ1n) is 6.67. The van der Waals surface area contributed by atoms with Crippen molar-refractivity contribution in [1.29, 1.82) is 0 Å². The Morgan fingerprint density at radius 3 is 2.52 bits per heavy atom. The second kappa shape index (κ2) is 7.23. The number of aryl methyl sites for hydroxylation is 1. The standard InChI is InChI=1S/C17H16ClFO2/c1-21-16-8-3-12(4-9-16)2-7-15(20)10-13-5-6-14(19)11-17(13)18/h3-6,8-9,11H,2,7,10H2,1H3. The van der Waals surface area contributed by atoms with Gasteiger partial charge in [0.1, 0.15) is 17.3 Å². The zero-order valence-electron chi connectivity index (χ0n) is 11.7. The van der Waals surface area contributed by atoms with Crippen molar-refractivity contribution in [3.63, 3.8) is 0 Å². The molecule has 0 N–H and O–H groups in total. The van der Waals surface area contributed by atoms with Crippen molar-refractivity contribution in [2.45, 2.75) is 19.3 Å². The van der Waals surface area contributed by atoms with Crippen LogP contribution < -0.4 is 4.74 Å². The highest BCUT2D eigenvalue weighted by Gasteiger charge is 2.08. The molecule has 110 valence electrons. The van der Waals surface area contributed by atoms with Crippen LogP contribution in [0.25, 0.3) is 0 Å². The maximum Gasteiger partial charge on any atom is 0.137 e. The van der Waals surface area contributed by atoms with Crippen LogP contribution in [0, 0.1) is 5.82 Å². The lowest BCUT2D eigenvalue weighted by Crippen LogP contribution is -2.05. The van der Waals surface area contributed by atoms with Gasteiger partial charge in [-0.1, -0.05) is 29.8 Å². The first-order chi connectivity index (χ1) is 10.1. The van der Waals surface area contributed by atoms with E-state index < -0.39 is 5.82 Å². The molecule has 2 aromatic rings. The number of carbonyl (C=O) groups excluding carboxylic acids is 1. The summed E-state index contributed by atoms with van der Waals surface area (Å²) >= 11 is 5.92. The van der Waals surface area contributed by atoms with Crippen LogP contribution in [-0.4, -0.2) is 12.9 Å². The maximum atomic E-state index is 12.9. The van der Waals surface area contributed by atoms with Crippen LogP contribution >= 0.6 is 11.6 Å². The molecule has 0 aliphatic heterocycles. The zero-order valence-corrected chi connectivity index (χ0v) is 12.5. The molecule has 0 radical (unpaired) electrons. The van der Waals surface area contributed by atoms with Crippen LogP contribution in [0.5, 0.6) is 5.75 Å². The molecule has 2 nitrogen and oxygen atoms in total. The average Bonchev–Trinajstić information content (AvgIpc) is 2.48. The molecule has 0 amide bonds. The summed E-state index contributed by atoms with van der Waals surface area (Å²) < 4.78 is 18.0. The van der Waals surface area contributed by atoms with E-state index in [2.05, 4.69) is 0 Å². The zero-order chi connectivity index (χ0) is 15.2. The molecule has 2 rings (SSSR count). The minimum Gasteiger partial charge on any atom is -0.497 e. The quantitative estimate of drug-likeness (QED) is 0.798. The van der Waals surface area contributed by atoms with Gasteiger partial charge in [-0.2, -0.15) is 0 Å². The topological polar surface area (TPSA) is 26.3 Å². The molecule has 0 aliphatic carbocycles. The normalized spacial score (nSPS) is 10.4. The first-order valence-corrected chi connectivity index (χ1v) is 7.05. The van der Waals surface area contributed by atoms with Gasteiger partial charge in [-0.05, 0) is 41.8 Å². The minimum absolute atomic E-state index is 0.0827. The number of ketones is 1. The molecule has 0 saturated heterocycles. The van der Waals surface area contributed by atoms with Crippen LogP contribution in [-0.2, 0) is 17.6 Å². The average molecular weight is 307 g/mol. The smallest absolute Gasteiger partial charge is 0.137 e. The van der Waals surface area contributed by atoms with Gasteiger partial charge in [0.05, 0.1) is 7.11 Å². The molecule has 4 heteroatoms. The summed E-state index contributed by atoms with van der Waals surface area (Å²) in [6.07, 6.45) is 1.33. The van der Waals surface area contributed by atoms with Crippen molar-refractivity contribution >= 4 is 17.4 Å². The SMILES string of the molecule is COc1ccc(CCC(=O)Cc2ccc(F)cc2Cl)cc1. The largest absolute Gasteiger partial charge is 0.497 e. The monoisotopic (exact) mass is 306 g/mol. The third-order valence-corrected chi connectivity index (χ3v) is 3.61. The van der Waals surface area contributed by atoms with E-state index in [0.29, 0.717) is 23.4 Å². The van der Waals surface area contributed by atoms with Crippen LogP contribution in [0.15, 0.2) is 42.5 Å². The van der Waals surface area contributed by atoms with E-state index >= 15 is 0 Å². The Balaban J connectivity index is 1.89. The lowest BCUT2D eigenvalue weighted by molar-refractivity contribution is -0.118. The van der Waals surface area contributed by atoms with Gasteiger partial charge < -0.3 is 4.74 Å². The Bertz CT molecular complexity index is 623. The Kier molecular flexibility index (Phi) is 5.34. The number of Topliss-reactive ketones (excluding diaryl/α,β-unsaturated/α-hetero) is 1. The molecular formula is C17H16ClFO2. The van der Waals surface area contributed by atoms with E-state index in [9.17, 15) is 9.18 Å². The van der Waals surface area contributed by atoms with E-state index in [1.807, 2.05) is 24.3 Å². The maximum absolute atomic E-state index is 12.9. The molecule has 0 spiro atoms. The van der Waals surface area contributed by atoms with Crippen LogP contribution in [0.3, 0.4) is 0 Å². The van der Waals surface area contributed by atoms with Crippen LogP contribution in [0.4, 0.5) is 4.39 Å². The third-order valence-electron chi connectivity index (χ3n) is 3.25. The molecule has 21 heavy (non-hydrogen) atoms. The van der Waals surface area contributed by atoms with Gasteiger partial charge in [-0.25, -0.2) is 4.39 Å². The second-order valence-electron chi connectivity index (χ2n) is 4.80. The Morgan fingerprint density at radius 1 is 1.19 bits per heavy atom. The van der Waals surface area contributed by atoms with Gasteiger partial charge in [0.25, 0.3) is 0 Å². The van der Waals surface area contributed by atoms with Gasteiger partial charge in [-0.15, -0.1) is 0 Å². The lowest BCUT2D eigenvalue weighted by atomic mass is 10.0. The molecule has 0 fully saturated rings. The van der Waals surface area contributed by atoms with Crippen molar-refractivity contribution in [3.05, 3.63) is 64.4 Å². The number of ether oxygens (including phenoxy) is 1. The fourth-order valence-corrected chi connectivity index (χ4v) is 2.28. The Morgan fingerprint density at radius 2 is 1.90 bits per heavy atom. The second-order valence-corrected chi connectivity index (χ2v) is 5.21. The summed E-state index contributed by atoms with van der Waals surface area (Å²) in [6.45, 7) is 0. The highest BCUT2D eigenvalue weighted by Crippen LogP contribution is 2.19. The number of hydrogen-bond acceptors (Lipinski definition) is 2. The number of hydrogen-bond donors (Lipinski definition) is 0. The predicted molar refractivity (Wildman–Crippen MR) is 81.4 cm³/mol. The van der Waals surface area contributed by atoms with Crippen molar-refractivity contribution < 1.29 is 13.9 Å². The number of benzene rings is 2. The highest BCUT2D eigenvalue weighted by molar-refractivity contribution is 6.31. The van der Waals surface area contributed by atoms with E-state index in [0.717, 1.165) is 11.3 Å². The summed E-state index contributed by atoms with van der Waals surface area (Å²) in [5.74, 6) is 0.483. The van der Waals surface area contributed by atoms with Crippen molar-refractivity contribution in [2.24, 2.45) is 0 Å². The molecule has 0 unspecified atom stereocenters. The third kappa shape index (κ3) is 4.57. The van der Waals surface area contributed by atoms with Crippen molar-refractivity contribution in [3.8, 4) is 5.75 Å². The number of carbonyl (C=O) groups is 1. The fourth-order valence-electron chi connectivity index (χ4n) is 2.04. The van der Waals surface area contributed by atoms with Crippen LogP contribution in [0.2, 0.25) is 5.02 Å². The van der Waals surface area contributed by atoms with Crippen LogP contribution in [0.1, 0.15) is 17.5 Å². The number of rotatable bonds is 6. The molecular weight excluding hydrogens is 291 g/mol. The molecule has 0 aliphatic rings. The summed E-state index contributed by atoms with van der Waals surface area (Å²) in [5, 5.41) is 0.299. The summed E-state index contributed by atoms with van der Waals surface area (Å²) in [5.41, 5.74) is 1.74. The summed E-state index contributed by atoms with van der Waals surface area (Å²) in [7, 11) is 1.62. The fraction of sp³-hybridized carbons (Fsp3) is 0.235. The van der Waals surface area contributed by atoms with Crippen molar-refractivity contribution in [1.82, 2.24) is 0 Å². The van der Waals surface area contributed by atoms with E-state index in [1.54, 1.807) is 13.2 Å². The molecule has 0 aromatic heterocycles. The van der Waals surface area contributed by atoms with Gasteiger partial charge in [-0.3, -0.25) is 4.79 Å². The van der Waals surface area contributed by atoms with Crippen molar-refractivity contribution in [2.75, 3.05) is 7.11 Å². The molecule has 0 heterocycles. The number of halogens is 2. The minimum atomic E-state index is -0.394. The Hall–Kier alpha value is -1.87. The van der Waals surface area contributed by atoms with Gasteiger partial charge in [0, 0.05) is 17.9 Å². The summed E-state index contributed by atoms with van der Waals surface area (Å²) in [4.78, 5) is 12.0. The molecule has 2 aromatic carbocycles.